The fraction of sp³-hybridized carbons (Fsp3) is 0.571. The summed E-state index contributed by atoms with van der Waals surface area (Å²) in [4.78, 5) is 0. The Balaban J connectivity index is 2.23. The van der Waals surface area contributed by atoms with Crippen molar-refractivity contribution in [2.75, 3.05) is 13.2 Å². The van der Waals surface area contributed by atoms with Gasteiger partial charge in [-0.1, -0.05) is 24.6 Å². The van der Waals surface area contributed by atoms with Crippen molar-refractivity contribution in [3.63, 3.8) is 0 Å². The molecule has 0 aromatic heterocycles. The third-order valence-corrected chi connectivity index (χ3v) is 2.69. The van der Waals surface area contributed by atoms with Crippen molar-refractivity contribution >= 4 is 0 Å². The second-order valence-electron chi connectivity index (χ2n) is 4.50. The van der Waals surface area contributed by atoms with E-state index >= 15 is 0 Å². The first kappa shape index (κ1) is 14.0. The topological polar surface area (TPSA) is 41.5 Å². The summed E-state index contributed by atoms with van der Waals surface area (Å²) in [7, 11) is 0. The fourth-order valence-electron chi connectivity index (χ4n) is 1.40. The Morgan fingerprint density at radius 3 is 2.53 bits per heavy atom. The van der Waals surface area contributed by atoms with Gasteiger partial charge in [0.2, 0.25) is 0 Å². The summed E-state index contributed by atoms with van der Waals surface area (Å²) in [6, 6.07) is 8.26. The zero-order valence-corrected chi connectivity index (χ0v) is 10.9. The van der Waals surface area contributed by atoms with E-state index in [2.05, 4.69) is 19.2 Å². The number of aryl methyl sites for hydroxylation is 1. The van der Waals surface area contributed by atoms with Crippen LogP contribution in [0.1, 0.15) is 25.8 Å². The predicted molar refractivity (Wildman–Crippen MR) is 70.4 cm³/mol. The largest absolute Gasteiger partial charge is 0.492 e. The summed E-state index contributed by atoms with van der Waals surface area (Å²) in [6.07, 6.45) is 0.509. The number of nitrogens with one attached hydrogen (secondary N) is 1. The van der Waals surface area contributed by atoms with Crippen LogP contribution >= 0.6 is 0 Å². The van der Waals surface area contributed by atoms with Crippen LogP contribution < -0.4 is 10.1 Å². The van der Waals surface area contributed by atoms with Crippen LogP contribution in [0.15, 0.2) is 24.3 Å². The van der Waals surface area contributed by atoms with Crippen LogP contribution in [0.4, 0.5) is 0 Å². The van der Waals surface area contributed by atoms with Gasteiger partial charge in [-0.15, -0.1) is 0 Å². The Kier molecular flexibility index (Phi) is 6.01. The smallest absolute Gasteiger partial charge is 0.119 e. The quantitative estimate of drug-likeness (QED) is 0.763. The van der Waals surface area contributed by atoms with Crippen molar-refractivity contribution in [1.29, 1.82) is 0 Å². The minimum Gasteiger partial charge on any atom is -0.492 e. The molecule has 2 atom stereocenters. The van der Waals surface area contributed by atoms with Crippen LogP contribution in [0, 0.1) is 6.92 Å². The van der Waals surface area contributed by atoms with E-state index in [1.54, 1.807) is 0 Å². The summed E-state index contributed by atoms with van der Waals surface area (Å²) < 4.78 is 5.64. The fourth-order valence-corrected chi connectivity index (χ4v) is 1.40. The lowest BCUT2D eigenvalue weighted by Crippen LogP contribution is -2.37. The molecule has 0 saturated carbocycles. The van der Waals surface area contributed by atoms with Crippen LogP contribution in [-0.2, 0) is 0 Å². The average Bonchev–Trinajstić information content (AvgIpc) is 2.35. The van der Waals surface area contributed by atoms with Crippen LogP contribution in [0.2, 0.25) is 0 Å². The van der Waals surface area contributed by atoms with E-state index in [0.717, 1.165) is 12.2 Å². The number of benzene rings is 1. The molecule has 0 aliphatic heterocycles. The van der Waals surface area contributed by atoms with Gasteiger partial charge < -0.3 is 15.2 Å². The molecule has 0 aliphatic carbocycles. The molecular formula is C14H23NO2. The molecule has 0 bridgehead atoms. The van der Waals surface area contributed by atoms with Gasteiger partial charge in [-0.2, -0.15) is 0 Å². The Morgan fingerprint density at radius 2 is 1.94 bits per heavy atom. The third kappa shape index (κ3) is 5.71. The summed E-state index contributed by atoms with van der Waals surface area (Å²) in [5.74, 6) is 0.889. The Bertz CT molecular complexity index is 311. The van der Waals surface area contributed by atoms with E-state index in [4.69, 9.17) is 4.74 Å². The van der Waals surface area contributed by atoms with Gasteiger partial charge in [-0.3, -0.25) is 0 Å². The Labute approximate surface area is 104 Å². The standard InChI is InChI=1S/C14H23NO2/c1-4-13(16)9-15-12(3)10-17-14-7-5-11(2)6-8-14/h5-8,12-13,15-16H,4,9-10H2,1-3H3. The van der Waals surface area contributed by atoms with Crippen molar-refractivity contribution in [3.05, 3.63) is 29.8 Å². The predicted octanol–water partition coefficient (Wildman–Crippen LogP) is 2.12. The van der Waals surface area contributed by atoms with Gasteiger partial charge in [0, 0.05) is 12.6 Å². The molecule has 2 unspecified atom stereocenters. The number of hydrogen-bond acceptors (Lipinski definition) is 3. The first-order valence-corrected chi connectivity index (χ1v) is 6.22. The number of aliphatic hydroxyl groups excluding tert-OH is 1. The van der Waals surface area contributed by atoms with Crippen LogP contribution in [0.3, 0.4) is 0 Å². The van der Waals surface area contributed by atoms with Crippen molar-refractivity contribution in [3.8, 4) is 5.75 Å². The van der Waals surface area contributed by atoms with E-state index in [9.17, 15) is 5.11 Å². The van der Waals surface area contributed by atoms with Crippen molar-refractivity contribution in [2.45, 2.75) is 39.3 Å². The van der Waals surface area contributed by atoms with Gasteiger partial charge in [0.05, 0.1) is 6.10 Å². The van der Waals surface area contributed by atoms with E-state index < -0.39 is 0 Å². The highest BCUT2D eigenvalue weighted by Crippen LogP contribution is 2.11. The second kappa shape index (κ2) is 7.30. The molecule has 0 radical (unpaired) electrons. The zero-order valence-electron chi connectivity index (χ0n) is 10.9. The molecule has 17 heavy (non-hydrogen) atoms. The molecule has 96 valence electrons. The SMILES string of the molecule is CCC(O)CNC(C)COc1ccc(C)cc1. The van der Waals surface area contributed by atoms with Gasteiger partial charge in [0.25, 0.3) is 0 Å². The van der Waals surface area contributed by atoms with Crippen molar-refractivity contribution in [1.82, 2.24) is 5.32 Å². The molecule has 0 aliphatic rings. The average molecular weight is 237 g/mol. The zero-order chi connectivity index (χ0) is 12.7. The first-order chi connectivity index (χ1) is 8.11. The minimum absolute atomic E-state index is 0.234. The molecule has 0 spiro atoms. The third-order valence-electron chi connectivity index (χ3n) is 2.69. The summed E-state index contributed by atoms with van der Waals surface area (Å²) in [5.41, 5.74) is 1.23. The maximum atomic E-state index is 9.42. The molecule has 1 aromatic carbocycles. The van der Waals surface area contributed by atoms with Gasteiger partial charge in [-0.25, -0.2) is 0 Å². The lowest BCUT2D eigenvalue weighted by molar-refractivity contribution is 0.157. The molecule has 3 nitrogen and oxygen atoms in total. The normalized spacial score (nSPS) is 14.4. The number of ether oxygens (including phenoxy) is 1. The Hall–Kier alpha value is -1.06. The van der Waals surface area contributed by atoms with Crippen molar-refractivity contribution in [2.24, 2.45) is 0 Å². The van der Waals surface area contributed by atoms with Gasteiger partial charge in [0.15, 0.2) is 0 Å². The summed E-state index contributed by atoms with van der Waals surface area (Å²) in [5, 5.41) is 12.7. The molecule has 1 aromatic rings. The van der Waals surface area contributed by atoms with E-state index in [1.165, 1.54) is 5.56 Å². The summed E-state index contributed by atoms with van der Waals surface area (Å²) in [6.45, 7) is 7.31. The lowest BCUT2D eigenvalue weighted by Gasteiger charge is -2.17. The van der Waals surface area contributed by atoms with E-state index in [-0.39, 0.29) is 12.1 Å². The van der Waals surface area contributed by atoms with Crippen LogP contribution in [-0.4, -0.2) is 30.4 Å². The molecule has 1 rings (SSSR count). The van der Waals surface area contributed by atoms with E-state index in [1.807, 2.05) is 31.2 Å². The maximum Gasteiger partial charge on any atom is 0.119 e. The van der Waals surface area contributed by atoms with E-state index in [0.29, 0.717) is 13.2 Å². The molecule has 0 heterocycles. The van der Waals surface area contributed by atoms with Gasteiger partial charge >= 0.3 is 0 Å². The van der Waals surface area contributed by atoms with Gasteiger partial charge in [-0.05, 0) is 32.4 Å². The van der Waals surface area contributed by atoms with Crippen LogP contribution in [0.5, 0.6) is 5.75 Å². The molecular weight excluding hydrogens is 214 g/mol. The monoisotopic (exact) mass is 237 g/mol. The first-order valence-electron chi connectivity index (χ1n) is 6.22. The maximum absolute atomic E-state index is 9.42. The highest BCUT2D eigenvalue weighted by Gasteiger charge is 2.05. The second-order valence-corrected chi connectivity index (χ2v) is 4.50. The lowest BCUT2D eigenvalue weighted by atomic mass is 10.2. The number of aliphatic hydroxyl groups is 1. The molecule has 0 amide bonds. The molecule has 2 N–H and O–H groups in total. The van der Waals surface area contributed by atoms with Crippen molar-refractivity contribution < 1.29 is 9.84 Å². The highest BCUT2D eigenvalue weighted by molar-refractivity contribution is 5.26. The minimum atomic E-state index is -0.267. The summed E-state index contributed by atoms with van der Waals surface area (Å²) >= 11 is 0. The van der Waals surface area contributed by atoms with Gasteiger partial charge in [0.1, 0.15) is 12.4 Å². The number of hydrogen-bond donors (Lipinski definition) is 2. The molecule has 0 fully saturated rings. The van der Waals surface area contributed by atoms with Crippen LogP contribution in [0.25, 0.3) is 0 Å². The molecule has 0 saturated heterocycles. The Morgan fingerprint density at radius 1 is 1.29 bits per heavy atom. The highest BCUT2D eigenvalue weighted by atomic mass is 16.5. The number of rotatable bonds is 7. The molecule has 3 heteroatoms.